The molecule has 0 saturated heterocycles. The molecule has 1 aromatic heterocycles. The fourth-order valence-electron chi connectivity index (χ4n) is 4.10. The van der Waals surface area contributed by atoms with Crippen LogP contribution in [0.15, 0.2) is 85.0 Å². The third-order valence-electron chi connectivity index (χ3n) is 5.85. The van der Waals surface area contributed by atoms with Crippen LogP contribution in [0.4, 0.5) is 13.2 Å². The molecule has 0 bridgehead atoms. The van der Waals surface area contributed by atoms with Crippen LogP contribution < -0.4 is 0 Å². The molecule has 4 rings (SSSR count). The lowest BCUT2D eigenvalue weighted by Crippen LogP contribution is -2.35. The van der Waals surface area contributed by atoms with Gasteiger partial charge in [0.15, 0.2) is 9.84 Å². The van der Waals surface area contributed by atoms with E-state index in [0.717, 1.165) is 23.3 Å². The van der Waals surface area contributed by atoms with Crippen molar-refractivity contribution in [1.29, 1.82) is 0 Å². The SMILES string of the molecule is Cc1cc(-c2ccc(C(F)(F)F)cc2)cc(C2(S(C)(=O)=O)C=CC=C(c3ccccc3)C2)n1. The highest BCUT2D eigenvalue weighted by Gasteiger charge is 2.44. The van der Waals surface area contributed by atoms with Crippen LogP contribution in [0.1, 0.15) is 28.9 Å². The highest BCUT2D eigenvalue weighted by Crippen LogP contribution is 2.43. The van der Waals surface area contributed by atoms with Crippen LogP contribution in [0.3, 0.4) is 0 Å². The molecule has 3 nitrogen and oxygen atoms in total. The van der Waals surface area contributed by atoms with Crippen molar-refractivity contribution in [2.75, 3.05) is 6.26 Å². The highest BCUT2D eigenvalue weighted by molar-refractivity contribution is 7.91. The smallest absolute Gasteiger partial charge is 0.256 e. The number of hydrogen-bond acceptors (Lipinski definition) is 3. The Bertz CT molecular complexity index is 1340. The molecule has 2 aromatic carbocycles. The zero-order valence-corrected chi connectivity index (χ0v) is 18.9. The quantitative estimate of drug-likeness (QED) is 0.447. The maximum atomic E-state index is 13.2. The van der Waals surface area contributed by atoms with Crippen LogP contribution in [0.5, 0.6) is 0 Å². The Morgan fingerprint density at radius 3 is 2.18 bits per heavy atom. The molecule has 33 heavy (non-hydrogen) atoms. The summed E-state index contributed by atoms with van der Waals surface area (Å²) in [5.74, 6) is 0. The van der Waals surface area contributed by atoms with E-state index >= 15 is 0 Å². The molecule has 0 saturated carbocycles. The zero-order chi connectivity index (χ0) is 23.9. The summed E-state index contributed by atoms with van der Waals surface area (Å²) >= 11 is 0. The molecule has 1 aliphatic rings. The van der Waals surface area contributed by atoms with Crippen molar-refractivity contribution in [3.63, 3.8) is 0 Å². The molecule has 3 aromatic rings. The molecular formula is C26H22F3NO2S. The monoisotopic (exact) mass is 469 g/mol. The molecule has 0 amide bonds. The maximum Gasteiger partial charge on any atom is 0.416 e. The van der Waals surface area contributed by atoms with E-state index in [9.17, 15) is 21.6 Å². The number of benzene rings is 2. The van der Waals surface area contributed by atoms with Crippen LogP contribution in [0, 0.1) is 6.92 Å². The average Bonchev–Trinajstić information content (AvgIpc) is 2.78. The first-order valence-corrected chi connectivity index (χ1v) is 12.2. The van der Waals surface area contributed by atoms with Crippen LogP contribution in [0.25, 0.3) is 16.7 Å². The van der Waals surface area contributed by atoms with Gasteiger partial charge in [-0.25, -0.2) is 8.42 Å². The van der Waals surface area contributed by atoms with Crippen molar-refractivity contribution >= 4 is 15.4 Å². The minimum atomic E-state index is -4.43. The summed E-state index contributed by atoms with van der Waals surface area (Å²) in [5.41, 5.74) is 3.13. The number of hydrogen-bond donors (Lipinski definition) is 0. The molecule has 0 aliphatic heterocycles. The van der Waals surface area contributed by atoms with Crippen LogP contribution in [-0.4, -0.2) is 19.7 Å². The van der Waals surface area contributed by atoms with E-state index in [0.29, 0.717) is 22.5 Å². The van der Waals surface area contributed by atoms with E-state index < -0.39 is 26.3 Å². The first-order chi connectivity index (χ1) is 15.5. The van der Waals surface area contributed by atoms with Crippen molar-refractivity contribution < 1.29 is 21.6 Å². The Labute approximate surface area is 191 Å². The van der Waals surface area contributed by atoms with Crippen molar-refractivity contribution in [1.82, 2.24) is 4.98 Å². The Morgan fingerprint density at radius 1 is 0.909 bits per heavy atom. The number of halogens is 3. The Hall–Kier alpha value is -3.19. The zero-order valence-electron chi connectivity index (χ0n) is 18.1. The van der Waals surface area contributed by atoms with Gasteiger partial charge in [-0.05, 0) is 53.5 Å². The van der Waals surface area contributed by atoms with E-state index in [1.54, 1.807) is 31.2 Å². The third kappa shape index (κ3) is 4.50. The molecule has 0 fully saturated rings. The summed E-state index contributed by atoms with van der Waals surface area (Å²) in [6.45, 7) is 1.74. The van der Waals surface area contributed by atoms with Crippen molar-refractivity contribution in [2.45, 2.75) is 24.3 Å². The first kappa shape index (κ1) is 23.0. The minimum Gasteiger partial charge on any atom is -0.256 e. The molecule has 1 heterocycles. The van der Waals surface area contributed by atoms with Crippen molar-refractivity contribution in [3.05, 3.63) is 107 Å². The predicted octanol–water partition coefficient (Wildman–Crippen LogP) is 6.36. The Balaban J connectivity index is 1.82. The van der Waals surface area contributed by atoms with Crippen LogP contribution >= 0.6 is 0 Å². The number of alkyl halides is 3. The van der Waals surface area contributed by atoms with Gasteiger partial charge in [-0.1, -0.05) is 60.7 Å². The number of sulfone groups is 1. The molecule has 7 heteroatoms. The van der Waals surface area contributed by atoms with Crippen LogP contribution in [-0.2, 0) is 20.8 Å². The normalized spacial score (nSPS) is 18.8. The van der Waals surface area contributed by atoms with Gasteiger partial charge in [0.25, 0.3) is 0 Å². The minimum absolute atomic E-state index is 0.204. The molecule has 0 radical (unpaired) electrons. The van der Waals surface area contributed by atoms with Crippen molar-refractivity contribution in [3.8, 4) is 11.1 Å². The highest BCUT2D eigenvalue weighted by atomic mass is 32.2. The number of allylic oxidation sites excluding steroid dienone is 3. The summed E-state index contributed by atoms with van der Waals surface area (Å²) < 4.78 is 63.8. The summed E-state index contributed by atoms with van der Waals surface area (Å²) in [6, 6.07) is 17.8. The molecule has 170 valence electrons. The Kier molecular flexibility index (Phi) is 5.78. The second-order valence-electron chi connectivity index (χ2n) is 8.21. The summed E-state index contributed by atoms with van der Waals surface area (Å²) in [5, 5.41) is 0. The second kappa shape index (κ2) is 8.30. The largest absolute Gasteiger partial charge is 0.416 e. The predicted molar refractivity (Wildman–Crippen MR) is 124 cm³/mol. The van der Waals surface area contributed by atoms with E-state index in [2.05, 4.69) is 4.98 Å². The number of nitrogens with zero attached hydrogens (tertiary/aromatic N) is 1. The van der Waals surface area contributed by atoms with Crippen LogP contribution in [0.2, 0.25) is 0 Å². The summed E-state index contributed by atoms with van der Waals surface area (Å²) in [6.07, 6.45) is 2.24. The Morgan fingerprint density at radius 2 is 1.58 bits per heavy atom. The first-order valence-electron chi connectivity index (χ1n) is 10.3. The van der Waals surface area contributed by atoms with Crippen molar-refractivity contribution in [2.24, 2.45) is 0 Å². The number of aryl methyl sites for hydroxylation is 1. The lowest BCUT2D eigenvalue weighted by Gasteiger charge is -2.32. The van der Waals surface area contributed by atoms with E-state index in [1.807, 2.05) is 36.4 Å². The van der Waals surface area contributed by atoms with Gasteiger partial charge >= 0.3 is 6.18 Å². The second-order valence-corrected chi connectivity index (χ2v) is 10.5. The third-order valence-corrected chi connectivity index (χ3v) is 7.67. The van der Waals surface area contributed by atoms with Gasteiger partial charge in [-0.15, -0.1) is 0 Å². The number of pyridine rings is 1. The van der Waals surface area contributed by atoms with E-state index in [4.69, 9.17) is 0 Å². The molecule has 0 N–H and O–H groups in total. The lowest BCUT2D eigenvalue weighted by atomic mass is 9.86. The molecular weight excluding hydrogens is 447 g/mol. The fraction of sp³-hybridized carbons (Fsp3) is 0.192. The standard InChI is InChI=1S/C26H22F3NO2S/c1-18-15-22(20-10-12-23(13-11-20)26(27,28)29)16-24(30-18)25(33(2,31)32)14-6-9-21(17-25)19-7-4-3-5-8-19/h3-16H,17H2,1-2H3. The molecule has 1 aliphatic carbocycles. The van der Waals surface area contributed by atoms with E-state index in [-0.39, 0.29) is 6.42 Å². The number of aromatic nitrogens is 1. The van der Waals surface area contributed by atoms with Gasteiger partial charge in [0.2, 0.25) is 0 Å². The topological polar surface area (TPSA) is 47.0 Å². The fourth-order valence-corrected chi connectivity index (χ4v) is 5.32. The summed E-state index contributed by atoms with van der Waals surface area (Å²) in [7, 11) is -3.66. The van der Waals surface area contributed by atoms with Gasteiger partial charge in [-0.3, -0.25) is 4.98 Å². The summed E-state index contributed by atoms with van der Waals surface area (Å²) in [4.78, 5) is 4.57. The average molecular weight is 470 g/mol. The lowest BCUT2D eigenvalue weighted by molar-refractivity contribution is -0.137. The van der Waals surface area contributed by atoms with Gasteiger partial charge in [0.1, 0.15) is 4.75 Å². The maximum absolute atomic E-state index is 13.2. The van der Waals surface area contributed by atoms with Gasteiger partial charge in [0.05, 0.1) is 11.3 Å². The van der Waals surface area contributed by atoms with Gasteiger partial charge < -0.3 is 0 Å². The van der Waals surface area contributed by atoms with E-state index in [1.165, 1.54) is 18.4 Å². The molecule has 1 atom stereocenters. The van der Waals surface area contributed by atoms with Gasteiger partial charge in [0, 0.05) is 18.4 Å². The molecule has 0 spiro atoms. The molecule has 1 unspecified atom stereocenters. The number of rotatable bonds is 4. The van der Waals surface area contributed by atoms with Gasteiger partial charge in [-0.2, -0.15) is 13.2 Å².